The summed E-state index contributed by atoms with van der Waals surface area (Å²) in [5.74, 6) is -0.618. The van der Waals surface area contributed by atoms with E-state index < -0.39 is 0 Å². The van der Waals surface area contributed by atoms with E-state index in [9.17, 15) is 9.59 Å². The number of carbonyl (C=O) groups is 2. The van der Waals surface area contributed by atoms with Crippen molar-refractivity contribution in [2.24, 2.45) is 0 Å². The third-order valence-corrected chi connectivity index (χ3v) is 4.51. The fourth-order valence-corrected chi connectivity index (χ4v) is 3.01. The molecule has 0 unspecified atom stereocenters. The Morgan fingerprint density at radius 1 is 1.26 bits per heavy atom. The van der Waals surface area contributed by atoms with E-state index in [1.54, 1.807) is 24.3 Å². The van der Waals surface area contributed by atoms with E-state index in [1.807, 2.05) is 6.07 Å². The second-order valence-electron chi connectivity index (χ2n) is 4.52. The number of benzene rings is 1. The first-order valence-corrected chi connectivity index (χ1v) is 7.58. The minimum Gasteiger partial charge on any atom is -0.460 e. The van der Waals surface area contributed by atoms with Gasteiger partial charge in [-0.3, -0.25) is 9.59 Å². The van der Waals surface area contributed by atoms with Gasteiger partial charge in [0.05, 0.1) is 0 Å². The quantitative estimate of drug-likeness (QED) is 0.501. The molecule has 1 aliphatic carbocycles. The van der Waals surface area contributed by atoms with Gasteiger partial charge in [-0.1, -0.05) is 40.8 Å². The third kappa shape index (κ3) is 4.19. The molecular weight excluding hydrogens is 357 g/mol. The maximum atomic E-state index is 11.7. The number of amides is 1. The number of alkyl halides is 1. The van der Waals surface area contributed by atoms with E-state index in [-0.39, 0.29) is 24.5 Å². The topological polar surface area (TPSA) is 55.4 Å². The van der Waals surface area contributed by atoms with Gasteiger partial charge in [0.25, 0.3) is 5.91 Å². The molecule has 0 saturated heterocycles. The highest BCUT2D eigenvalue weighted by Gasteiger charge is 2.28. The summed E-state index contributed by atoms with van der Waals surface area (Å²) in [4.78, 5) is 23.4. The van der Waals surface area contributed by atoms with Crippen LogP contribution in [0, 0.1) is 0 Å². The van der Waals surface area contributed by atoms with Crippen LogP contribution < -0.4 is 5.32 Å². The molecule has 0 bridgehead atoms. The average molecular weight is 373 g/mol. The van der Waals surface area contributed by atoms with Crippen LogP contribution in [-0.4, -0.2) is 28.4 Å². The largest absolute Gasteiger partial charge is 0.460 e. The van der Waals surface area contributed by atoms with Gasteiger partial charge in [-0.05, 0) is 31.4 Å². The molecule has 2 atom stereocenters. The van der Waals surface area contributed by atoms with Gasteiger partial charge in [-0.15, -0.1) is 0 Å². The Kier molecular flexibility index (Phi) is 5.18. The number of nitrogens with one attached hydrogen (secondary N) is 1. The summed E-state index contributed by atoms with van der Waals surface area (Å²) in [6, 6.07) is 8.82. The molecule has 1 amide bonds. The van der Waals surface area contributed by atoms with Crippen molar-refractivity contribution >= 4 is 34.5 Å². The minimum absolute atomic E-state index is 0.00160. The summed E-state index contributed by atoms with van der Waals surface area (Å²) < 4.78 is 5.74. The molecule has 1 aromatic rings. The summed E-state index contributed by atoms with van der Waals surface area (Å²) in [6.07, 6.45) is 3.12. The summed E-state index contributed by atoms with van der Waals surface area (Å²) in [5, 5.41) is 2.57. The first-order chi connectivity index (χ1) is 9.16. The van der Waals surface area contributed by atoms with E-state index in [1.165, 1.54) is 0 Å². The summed E-state index contributed by atoms with van der Waals surface area (Å²) in [6.45, 7) is -0.0758. The van der Waals surface area contributed by atoms with Crippen LogP contribution in [0.4, 0.5) is 0 Å². The molecule has 0 aromatic heterocycles. The number of hydrogen-bond acceptors (Lipinski definition) is 3. The van der Waals surface area contributed by atoms with Crippen LogP contribution in [0.15, 0.2) is 30.3 Å². The Balaban J connectivity index is 1.76. The lowest BCUT2D eigenvalue weighted by Crippen LogP contribution is -2.33. The highest BCUT2D eigenvalue weighted by Crippen LogP contribution is 2.28. The van der Waals surface area contributed by atoms with Crippen molar-refractivity contribution in [1.82, 2.24) is 5.32 Å². The van der Waals surface area contributed by atoms with Gasteiger partial charge in [0, 0.05) is 9.49 Å². The third-order valence-electron chi connectivity index (χ3n) is 3.08. The monoisotopic (exact) mass is 373 g/mol. The maximum absolute atomic E-state index is 11.7. The van der Waals surface area contributed by atoms with Gasteiger partial charge in [-0.25, -0.2) is 0 Å². The molecule has 0 spiro atoms. The second-order valence-corrected chi connectivity index (χ2v) is 6.12. The fraction of sp³-hybridized carbons (Fsp3) is 0.429. The number of esters is 1. The lowest BCUT2D eigenvalue weighted by atomic mass is 10.2. The molecule has 4 nitrogen and oxygen atoms in total. The number of rotatable bonds is 4. The lowest BCUT2D eigenvalue weighted by molar-refractivity contribution is -0.147. The Morgan fingerprint density at radius 3 is 2.63 bits per heavy atom. The van der Waals surface area contributed by atoms with Crippen LogP contribution in [0.5, 0.6) is 0 Å². The van der Waals surface area contributed by atoms with Gasteiger partial charge in [0.2, 0.25) is 0 Å². The highest BCUT2D eigenvalue weighted by molar-refractivity contribution is 14.1. The number of ether oxygens (including phenoxy) is 1. The van der Waals surface area contributed by atoms with Gasteiger partial charge in [-0.2, -0.15) is 0 Å². The maximum Gasteiger partial charge on any atom is 0.325 e. The van der Waals surface area contributed by atoms with Crippen molar-refractivity contribution in [1.29, 1.82) is 0 Å². The van der Waals surface area contributed by atoms with Crippen molar-refractivity contribution in [3.05, 3.63) is 35.9 Å². The predicted octanol–water partition coefficient (Wildman–Crippen LogP) is 2.32. The molecule has 1 saturated carbocycles. The van der Waals surface area contributed by atoms with Crippen LogP contribution in [0.2, 0.25) is 0 Å². The Morgan fingerprint density at radius 2 is 2.00 bits per heavy atom. The van der Waals surface area contributed by atoms with E-state index in [2.05, 4.69) is 27.9 Å². The van der Waals surface area contributed by atoms with Crippen molar-refractivity contribution < 1.29 is 14.3 Å². The van der Waals surface area contributed by atoms with Crippen molar-refractivity contribution in [3.63, 3.8) is 0 Å². The first-order valence-electron chi connectivity index (χ1n) is 6.33. The number of halogens is 1. The Bertz CT molecular complexity index is 449. The molecule has 2 rings (SSSR count). The van der Waals surface area contributed by atoms with Crippen LogP contribution in [0.25, 0.3) is 0 Å². The molecule has 5 heteroatoms. The molecule has 1 aromatic carbocycles. The van der Waals surface area contributed by atoms with Crippen molar-refractivity contribution in [2.75, 3.05) is 6.54 Å². The lowest BCUT2D eigenvalue weighted by Gasteiger charge is -2.15. The average Bonchev–Trinajstić information content (AvgIpc) is 2.82. The summed E-state index contributed by atoms with van der Waals surface area (Å²) in [5.41, 5.74) is 0.544. The van der Waals surface area contributed by atoms with Crippen LogP contribution in [-0.2, 0) is 9.53 Å². The van der Waals surface area contributed by atoms with Gasteiger partial charge >= 0.3 is 5.97 Å². The molecular formula is C14H16INO3. The molecule has 1 N–H and O–H groups in total. The number of carbonyl (C=O) groups excluding carboxylic acids is 2. The molecule has 102 valence electrons. The van der Waals surface area contributed by atoms with Crippen molar-refractivity contribution in [3.8, 4) is 0 Å². The SMILES string of the molecule is O=C(CNC(=O)c1ccccc1)O[C@@H]1CCC[C@H]1I. The summed E-state index contributed by atoms with van der Waals surface area (Å²) >= 11 is 2.31. The second kappa shape index (κ2) is 6.88. The van der Waals surface area contributed by atoms with Crippen molar-refractivity contribution in [2.45, 2.75) is 29.3 Å². The zero-order valence-electron chi connectivity index (χ0n) is 10.5. The molecule has 0 radical (unpaired) electrons. The van der Waals surface area contributed by atoms with Crippen LogP contribution in [0.1, 0.15) is 29.6 Å². The highest BCUT2D eigenvalue weighted by atomic mass is 127. The van der Waals surface area contributed by atoms with Gasteiger partial charge in [0.1, 0.15) is 12.6 Å². The molecule has 1 fully saturated rings. The van der Waals surface area contributed by atoms with Crippen LogP contribution >= 0.6 is 22.6 Å². The van der Waals surface area contributed by atoms with Gasteiger partial charge in [0.15, 0.2) is 0 Å². The minimum atomic E-state index is -0.363. The molecule has 1 aliphatic rings. The molecule has 0 heterocycles. The smallest absolute Gasteiger partial charge is 0.325 e. The number of hydrogen-bond donors (Lipinski definition) is 1. The fourth-order valence-electron chi connectivity index (χ4n) is 2.07. The van der Waals surface area contributed by atoms with E-state index in [4.69, 9.17) is 4.74 Å². The van der Waals surface area contributed by atoms with Gasteiger partial charge < -0.3 is 10.1 Å². The predicted molar refractivity (Wildman–Crippen MR) is 80.3 cm³/mol. The molecule has 0 aliphatic heterocycles. The summed E-state index contributed by atoms with van der Waals surface area (Å²) in [7, 11) is 0. The standard InChI is InChI=1S/C14H16INO3/c15-11-7-4-8-12(11)19-13(17)9-16-14(18)10-5-2-1-3-6-10/h1-3,5-6,11-12H,4,7-9H2,(H,16,18)/t11-,12-/m1/s1. The van der Waals surface area contributed by atoms with E-state index in [0.717, 1.165) is 19.3 Å². The normalized spacial score (nSPS) is 21.9. The van der Waals surface area contributed by atoms with E-state index >= 15 is 0 Å². The molecule has 19 heavy (non-hydrogen) atoms. The zero-order valence-corrected chi connectivity index (χ0v) is 12.6. The Hall–Kier alpha value is -1.11. The van der Waals surface area contributed by atoms with Crippen LogP contribution in [0.3, 0.4) is 0 Å². The zero-order chi connectivity index (χ0) is 13.7. The van der Waals surface area contributed by atoms with E-state index in [0.29, 0.717) is 9.49 Å². The first kappa shape index (κ1) is 14.3. The Labute approximate surface area is 126 Å².